The number of amides is 1. The smallest absolute Gasteiger partial charge is 0.306 e. The number of halogens is 1. The van der Waals surface area contributed by atoms with Crippen molar-refractivity contribution in [2.24, 2.45) is 5.92 Å². The first-order chi connectivity index (χ1) is 13.1. The summed E-state index contributed by atoms with van der Waals surface area (Å²) in [5.41, 5.74) is 2.07. The maximum atomic E-state index is 12.9. The average Bonchev–Trinajstić information content (AvgIpc) is 2.72. The van der Waals surface area contributed by atoms with Crippen LogP contribution in [-0.2, 0) is 9.59 Å². The lowest BCUT2D eigenvalue weighted by Gasteiger charge is -2.34. The Kier molecular flexibility index (Phi) is 8.03. The molecule has 1 heterocycles. The Bertz CT molecular complexity index is 722. The van der Waals surface area contributed by atoms with E-state index in [4.69, 9.17) is 5.11 Å². The number of carboxylic acids is 1. The van der Waals surface area contributed by atoms with E-state index in [1.54, 1.807) is 0 Å². The fraction of sp³-hybridized carbons (Fsp3) is 0.364. The van der Waals surface area contributed by atoms with Crippen molar-refractivity contribution < 1.29 is 14.7 Å². The van der Waals surface area contributed by atoms with Gasteiger partial charge in [0.1, 0.15) is 0 Å². The number of carboxylic acid groups (broad SMARTS) is 1. The predicted molar refractivity (Wildman–Crippen MR) is 112 cm³/mol. The van der Waals surface area contributed by atoms with Gasteiger partial charge in [-0.3, -0.25) is 14.5 Å². The molecule has 0 aliphatic carbocycles. The molecule has 0 radical (unpaired) electrons. The molecule has 0 bridgehead atoms. The van der Waals surface area contributed by atoms with E-state index in [1.165, 1.54) is 0 Å². The molecule has 28 heavy (non-hydrogen) atoms. The molecule has 150 valence electrons. The largest absolute Gasteiger partial charge is 0.481 e. The molecule has 1 fully saturated rings. The first-order valence-corrected chi connectivity index (χ1v) is 9.43. The normalized spacial score (nSPS) is 16.2. The van der Waals surface area contributed by atoms with Crippen LogP contribution >= 0.6 is 12.4 Å². The van der Waals surface area contributed by atoms with Gasteiger partial charge in [-0.2, -0.15) is 0 Å². The van der Waals surface area contributed by atoms with Gasteiger partial charge in [0.2, 0.25) is 5.91 Å². The SMILES string of the molecule is CC(C(=O)NC(c1ccccc1)c1ccccc1)N1CCC(C(=O)O)CC1.Cl. The van der Waals surface area contributed by atoms with Crippen LogP contribution in [0.4, 0.5) is 0 Å². The Morgan fingerprint density at radius 3 is 1.86 bits per heavy atom. The number of piperidine rings is 1. The Hall–Kier alpha value is -2.37. The van der Waals surface area contributed by atoms with Crippen molar-refractivity contribution >= 4 is 24.3 Å². The van der Waals surface area contributed by atoms with Crippen LogP contribution in [0.5, 0.6) is 0 Å². The second kappa shape index (κ2) is 10.2. The summed E-state index contributed by atoms with van der Waals surface area (Å²) in [5.74, 6) is -1.07. The van der Waals surface area contributed by atoms with Crippen molar-refractivity contribution in [3.05, 3.63) is 71.8 Å². The van der Waals surface area contributed by atoms with Crippen LogP contribution in [0.15, 0.2) is 60.7 Å². The third-order valence-electron chi connectivity index (χ3n) is 5.36. The van der Waals surface area contributed by atoms with Gasteiger partial charge in [0.05, 0.1) is 18.0 Å². The van der Waals surface area contributed by atoms with Gasteiger partial charge >= 0.3 is 5.97 Å². The zero-order valence-corrected chi connectivity index (χ0v) is 16.8. The van der Waals surface area contributed by atoms with E-state index in [2.05, 4.69) is 10.2 Å². The van der Waals surface area contributed by atoms with E-state index < -0.39 is 5.97 Å². The predicted octanol–water partition coefficient (Wildman–Crippen LogP) is 3.50. The molecular formula is C22H27ClN2O3. The van der Waals surface area contributed by atoms with Gasteiger partial charge in [0.15, 0.2) is 0 Å². The molecule has 2 aromatic rings. The van der Waals surface area contributed by atoms with Crippen molar-refractivity contribution in [3.63, 3.8) is 0 Å². The molecule has 3 rings (SSSR count). The molecule has 5 nitrogen and oxygen atoms in total. The molecule has 1 aliphatic heterocycles. The zero-order chi connectivity index (χ0) is 19.2. The first-order valence-electron chi connectivity index (χ1n) is 9.43. The van der Waals surface area contributed by atoms with Crippen molar-refractivity contribution in [3.8, 4) is 0 Å². The number of likely N-dealkylation sites (tertiary alicyclic amines) is 1. The number of benzene rings is 2. The second-order valence-electron chi connectivity index (χ2n) is 7.09. The monoisotopic (exact) mass is 402 g/mol. The molecule has 0 spiro atoms. The van der Waals surface area contributed by atoms with Crippen LogP contribution in [0.1, 0.15) is 36.9 Å². The highest BCUT2D eigenvalue weighted by Crippen LogP contribution is 2.23. The maximum Gasteiger partial charge on any atom is 0.306 e. The van der Waals surface area contributed by atoms with Gasteiger partial charge in [-0.1, -0.05) is 60.7 Å². The zero-order valence-electron chi connectivity index (χ0n) is 16.0. The van der Waals surface area contributed by atoms with E-state index in [1.807, 2.05) is 67.6 Å². The molecule has 1 amide bonds. The Labute approximate surface area is 172 Å². The van der Waals surface area contributed by atoms with Gasteiger partial charge in [-0.15, -0.1) is 12.4 Å². The van der Waals surface area contributed by atoms with Gasteiger partial charge < -0.3 is 10.4 Å². The minimum atomic E-state index is -0.736. The lowest BCUT2D eigenvalue weighted by atomic mass is 9.95. The van der Waals surface area contributed by atoms with Crippen molar-refractivity contribution in [2.75, 3.05) is 13.1 Å². The topological polar surface area (TPSA) is 69.6 Å². The fourth-order valence-electron chi connectivity index (χ4n) is 3.61. The number of aliphatic carboxylic acids is 1. The van der Waals surface area contributed by atoms with E-state index >= 15 is 0 Å². The number of rotatable bonds is 6. The molecule has 2 aromatic carbocycles. The quantitative estimate of drug-likeness (QED) is 0.775. The van der Waals surface area contributed by atoms with Crippen LogP contribution in [0.2, 0.25) is 0 Å². The van der Waals surface area contributed by atoms with Crippen molar-refractivity contribution in [1.29, 1.82) is 0 Å². The standard InChI is InChI=1S/C22H26N2O3.ClH/c1-16(24-14-12-19(13-15-24)22(26)27)21(25)23-20(17-8-4-2-5-9-17)18-10-6-3-7-11-18;/h2-11,16,19-20H,12-15H2,1H3,(H,23,25)(H,26,27);1H. The van der Waals surface area contributed by atoms with Crippen LogP contribution in [0.25, 0.3) is 0 Å². The second-order valence-corrected chi connectivity index (χ2v) is 7.09. The molecule has 2 N–H and O–H groups in total. The Balaban J connectivity index is 0.00000280. The summed E-state index contributed by atoms with van der Waals surface area (Å²) in [6.07, 6.45) is 1.18. The molecule has 0 aromatic heterocycles. The number of carbonyl (C=O) groups excluding carboxylic acids is 1. The molecule has 1 saturated heterocycles. The van der Waals surface area contributed by atoms with Crippen LogP contribution in [-0.4, -0.2) is 41.0 Å². The van der Waals surface area contributed by atoms with Gasteiger partial charge in [-0.25, -0.2) is 0 Å². The number of hydrogen-bond acceptors (Lipinski definition) is 3. The van der Waals surface area contributed by atoms with E-state index in [-0.39, 0.29) is 36.3 Å². The molecule has 0 saturated carbocycles. The Morgan fingerprint density at radius 1 is 0.964 bits per heavy atom. The summed E-state index contributed by atoms with van der Waals surface area (Å²) in [6, 6.07) is 19.4. The lowest BCUT2D eigenvalue weighted by molar-refractivity contribution is -0.143. The number of nitrogens with one attached hydrogen (secondary N) is 1. The van der Waals surface area contributed by atoms with Gasteiger partial charge in [0, 0.05) is 0 Å². The number of carbonyl (C=O) groups is 2. The van der Waals surface area contributed by atoms with Gasteiger partial charge in [0.25, 0.3) is 0 Å². The fourth-order valence-corrected chi connectivity index (χ4v) is 3.61. The van der Waals surface area contributed by atoms with Crippen molar-refractivity contribution in [1.82, 2.24) is 10.2 Å². The Morgan fingerprint density at radius 2 is 1.43 bits per heavy atom. The van der Waals surface area contributed by atoms with Gasteiger partial charge in [-0.05, 0) is 44.0 Å². The van der Waals surface area contributed by atoms with Crippen LogP contribution in [0.3, 0.4) is 0 Å². The third-order valence-corrected chi connectivity index (χ3v) is 5.36. The summed E-state index contributed by atoms with van der Waals surface area (Å²) in [4.78, 5) is 26.1. The minimum absolute atomic E-state index is 0. The number of hydrogen-bond donors (Lipinski definition) is 2. The molecule has 1 aliphatic rings. The summed E-state index contributed by atoms with van der Waals surface area (Å²) in [5, 5.41) is 12.3. The molecule has 1 atom stereocenters. The summed E-state index contributed by atoms with van der Waals surface area (Å²) < 4.78 is 0. The van der Waals surface area contributed by atoms with Crippen molar-refractivity contribution in [2.45, 2.75) is 31.8 Å². The van der Waals surface area contributed by atoms with Crippen LogP contribution in [0, 0.1) is 5.92 Å². The van der Waals surface area contributed by atoms with Crippen LogP contribution < -0.4 is 5.32 Å². The minimum Gasteiger partial charge on any atom is -0.481 e. The molecule has 1 unspecified atom stereocenters. The summed E-state index contributed by atoms with van der Waals surface area (Å²) >= 11 is 0. The highest BCUT2D eigenvalue weighted by molar-refractivity contribution is 5.85. The average molecular weight is 403 g/mol. The lowest BCUT2D eigenvalue weighted by Crippen LogP contribution is -2.49. The van der Waals surface area contributed by atoms with E-state index in [0.29, 0.717) is 25.9 Å². The highest BCUT2D eigenvalue weighted by atomic mass is 35.5. The highest BCUT2D eigenvalue weighted by Gasteiger charge is 2.30. The summed E-state index contributed by atoms with van der Waals surface area (Å²) in [7, 11) is 0. The molecule has 6 heteroatoms. The summed E-state index contributed by atoms with van der Waals surface area (Å²) in [6.45, 7) is 3.16. The number of nitrogens with zero attached hydrogens (tertiary/aromatic N) is 1. The third kappa shape index (κ3) is 5.33. The maximum absolute atomic E-state index is 12.9. The van der Waals surface area contributed by atoms with E-state index in [9.17, 15) is 9.59 Å². The first kappa shape index (κ1) is 21.9. The molecular weight excluding hydrogens is 376 g/mol. The van der Waals surface area contributed by atoms with E-state index in [0.717, 1.165) is 11.1 Å².